The Kier molecular flexibility index (Phi) is 4.42. The molecule has 0 fully saturated rings. The Morgan fingerprint density at radius 3 is 3.04 bits per heavy atom. The van der Waals surface area contributed by atoms with E-state index in [1.54, 1.807) is 0 Å². The Bertz CT molecular complexity index is 780. The summed E-state index contributed by atoms with van der Waals surface area (Å²) in [6, 6.07) is 13.9. The van der Waals surface area contributed by atoms with Gasteiger partial charge in [0.25, 0.3) is 0 Å². The lowest BCUT2D eigenvalue weighted by atomic mass is 9.95. The molecule has 0 unspecified atom stereocenters. The number of ether oxygens (including phenoxy) is 1. The van der Waals surface area contributed by atoms with Gasteiger partial charge in [0.15, 0.2) is 0 Å². The zero-order valence-corrected chi connectivity index (χ0v) is 14.7. The molecule has 2 aromatic rings. The van der Waals surface area contributed by atoms with Crippen LogP contribution in [0.1, 0.15) is 23.6 Å². The maximum absolute atomic E-state index is 12.7. The highest BCUT2D eigenvalue weighted by Crippen LogP contribution is 2.38. The highest BCUT2D eigenvalue weighted by Gasteiger charge is 2.29. The van der Waals surface area contributed by atoms with E-state index in [1.165, 1.54) is 4.90 Å². The van der Waals surface area contributed by atoms with Gasteiger partial charge in [-0.05, 0) is 48.2 Å². The molecule has 4 rings (SSSR count). The van der Waals surface area contributed by atoms with Crippen LogP contribution in [0.4, 0.5) is 0 Å². The van der Waals surface area contributed by atoms with E-state index in [1.807, 2.05) is 54.2 Å². The smallest absolute Gasteiger partial charge is 0.227 e. The monoisotopic (exact) mass is 359 g/mol. The van der Waals surface area contributed by atoms with Crippen molar-refractivity contribution < 1.29 is 9.53 Å². The van der Waals surface area contributed by atoms with Gasteiger partial charge in [-0.1, -0.05) is 29.8 Å². The van der Waals surface area contributed by atoms with Crippen molar-refractivity contribution in [2.75, 3.05) is 12.4 Å². The molecule has 2 aliphatic heterocycles. The van der Waals surface area contributed by atoms with Crippen molar-refractivity contribution in [2.45, 2.75) is 23.8 Å². The molecule has 0 bridgehead atoms. The molecule has 1 N–H and O–H groups in total. The molecule has 0 saturated carbocycles. The van der Waals surface area contributed by atoms with Gasteiger partial charge in [0.1, 0.15) is 12.4 Å². The lowest BCUT2D eigenvalue weighted by molar-refractivity contribution is -0.127. The van der Waals surface area contributed by atoms with Crippen LogP contribution in [0, 0.1) is 5.92 Å². The van der Waals surface area contributed by atoms with E-state index in [2.05, 4.69) is 5.32 Å². The molecule has 2 aromatic carbocycles. The van der Waals surface area contributed by atoms with E-state index in [0.29, 0.717) is 11.6 Å². The molecular formula is C19H18ClNO2S. The molecule has 0 aromatic heterocycles. The third-order valence-electron chi connectivity index (χ3n) is 4.58. The van der Waals surface area contributed by atoms with Gasteiger partial charge >= 0.3 is 0 Å². The molecule has 3 nitrogen and oxygen atoms in total. The van der Waals surface area contributed by atoms with Crippen LogP contribution >= 0.6 is 23.4 Å². The van der Waals surface area contributed by atoms with Crippen LogP contribution in [0.3, 0.4) is 0 Å². The zero-order chi connectivity index (χ0) is 16.5. The van der Waals surface area contributed by atoms with E-state index in [0.717, 1.165) is 35.5 Å². The number of hydrogen-bond donors (Lipinski definition) is 1. The third-order valence-corrected chi connectivity index (χ3v) is 5.94. The van der Waals surface area contributed by atoms with Crippen molar-refractivity contribution in [3.63, 3.8) is 0 Å². The summed E-state index contributed by atoms with van der Waals surface area (Å²) in [5.74, 6) is 1.82. The van der Waals surface area contributed by atoms with Crippen molar-refractivity contribution in [1.29, 1.82) is 0 Å². The number of rotatable bonds is 2. The van der Waals surface area contributed by atoms with Gasteiger partial charge in [0.05, 0.1) is 12.0 Å². The maximum Gasteiger partial charge on any atom is 0.227 e. The number of thioether (sulfide) groups is 1. The number of halogens is 1. The second-order valence-corrected chi connectivity index (χ2v) is 7.77. The molecule has 0 saturated heterocycles. The summed E-state index contributed by atoms with van der Waals surface area (Å²) in [6.45, 7) is 0.437. The Morgan fingerprint density at radius 1 is 1.25 bits per heavy atom. The largest absolute Gasteiger partial charge is 0.492 e. The van der Waals surface area contributed by atoms with Gasteiger partial charge in [-0.25, -0.2) is 0 Å². The summed E-state index contributed by atoms with van der Waals surface area (Å²) < 4.78 is 5.75. The average molecular weight is 360 g/mol. The van der Waals surface area contributed by atoms with Crippen molar-refractivity contribution in [2.24, 2.45) is 5.92 Å². The minimum atomic E-state index is -0.142. The van der Waals surface area contributed by atoms with Crippen molar-refractivity contribution in [3.05, 3.63) is 58.6 Å². The quantitative estimate of drug-likeness (QED) is 0.871. The molecule has 124 valence electrons. The molecule has 24 heavy (non-hydrogen) atoms. The van der Waals surface area contributed by atoms with Crippen LogP contribution in [-0.4, -0.2) is 18.3 Å². The number of carbonyl (C=O) groups excluding carboxylic acids is 1. The topological polar surface area (TPSA) is 38.3 Å². The fourth-order valence-corrected chi connectivity index (χ4v) is 4.59. The number of amides is 1. The minimum absolute atomic E-state index is 0.0321. The first kappa shape index (κ1) is 15.9. The highest BCUT2D eigenvalue weighted by atomic mass is 35.5. The molecule has 0 spiro atoms. The molecule has 0 aliphatic carbocycles. The van der Waals surface area contributed by atoms with E-state index < -0.39 is 0 Å². The summed E-state index contributed by atoms with van der Waals surface area (Å²) >= 11 is 7.96. The second kappa shape index (κ2) is 6.69. The Labute approximate surface area is 150 Å². The van der Waals surface area contributed by atoms with Crippen molar-refractivity contribution in [3.8, 4) is 5.75 Å². The van der Waals surface area contributed by atoms with Crippen LogP contribution in [0.15, 0.2) is 47.4 Å². The van der Waals surface area contributed by atoms with Gasteiger partial charge in [-0.2, -0.15) is 0 Å². The summed E-state index contributed by atoms with van der Waals surface area (Å²) in [5, 5.41) is 3.93. The first-order valence-electron chi connectivity index (χ1n) is 8.14. The number of para-hydroxylation sites is 1. The molecule has 1 amide bonds. The highest BCUT2D eigenvalue weighted by molar-refractivity contribution is 7.99. The van der Waals surface area contributed by atoms with Gasteiger partial charge in [0, 0.05) is 15.7 Å². The van der Waals surface area contributed by atoms with E-state index in [4.69, 9.17) is 16.3 Å². The summed E-state index contributed by atoms with van der Waals surface area (Å²) in [6.07, 6.45) is 1.65. The first-order valence-corrected chi connectivity index (χ1v) is 9.50. The van der Waals surface area contributed by atoms with E-state index >= 15 is 0 Å². The van der Waals surface area contributed by atoms with Crippen molar-refractivity contribution >= 4 is 29.3 Å². The van der Waals surface area contributed by atoms with E-state index in [-0.39, 0.29) is 17.9 Å². The van der Waals surface area contributed by atoms with Gasteiger partial charge < -0.3 is 10.1 Å². The van der Waals surface area contributed by atoms with Gasteiger partial charge in [-0.15, -0.1) is 11.8 Å². The standard InChI is InChI=1S/C19H18ClNO2S/c20-14-5-6-18-15(10-14)16(7-8-24-18)21-19(22)13-9-12-3-1-2-4-17(12)23-11-13/h1-6,10,13,16H,7-9,11H2,(H,21,22)/t13-,16+/m1/s1. The minimum Gasteiger partial charge on any atom is -0.492 e. The average Bonchev–Trinajstić information content (AvgIpc) is 2.62. The van der Waals surface area contributed by atoms with Crippen LogP contribution in [-0.2, 0) is 11.2 Å². The van der Waals surface area contributed by atoms with Crippen LogP contribution in [0.25, 0.3) is 0 Å². The summed E-state index contributed by atoms with van der Waals surface area (Å²) in [4.78, 5) is 13.9. The second-order valence-electron chi connectivity index (χ2n) is 6.20. The molecule has 5 heteroatoms. The zero-order valence-electron chi connectivity index (χ0n) is 13.1. The number of benzene rings is 2. The summed E-state index contributed by atoms with van der Waals surface area (Å²) in [5.41, 5.74) is 2.23. The van der Waals surface area contributed by atoms with Crippen LogP contribution in [0.5, 0.6) is 5.75 Å². The number of fused-ring (bicyclic) bond motifs is 2. The molecule has 2 heterocycles. The normalized spacial score (nSPS) is 22.0. The predicted octanol–water partition coefficient (Wildman–Crippen LogP) is 4.24. The number of nitrogens with one attached hydrogen (secondary N) is 1. The first-order chi connectivity index (χ1) is 11.7. The number of hydrogen-bond acceptors (Lipinski definition) is 3. The third kappa shape index (κ3) is 3.13. The molecule has 2 atom stereocenters. The molecule has 2 aliphatic rings. The fourth-order valence-electron chi connectivity index (χ4n) is 3.30. The predicted molar refractivity (Wildman–Crippen MR) is 96.8 cm³/mol. The maximum atomic E-state index is 12.7. The molecular weight excluding hydrogens is 342 g/mol. The lowest BCUT2D eigenvalue weighted by Gasteiger charge is -2.29. The SMILES string of the molecule is O=C(N[C@H]1CCSc2ccc(Cl)cc21)[C@H]1COc2ccccc2C1. The van der Waals surface area contributed by atoms with Gasteiger partial charge in [-0.3, -0.25) is 4.79 Å². The summed E-state index contributed by atoms with van der Waals surface area (Å²) in [7, 11) is 0. The van der Waals surface area contributed by atoms with Crippen LogP contribution in [0.2, 0.25) is 5.02 Å². The Hall–Kier alpha value is -1.65. The van der Waals surface area contributed by atoms with Gasteiger partial charge in [0.2, 0.25) is 5.91 Å². The Morgan fingerprint density at radius 2 is 2.12 bits per heavy atom. The van der Waals surface area contributed by atoms with Crippen molar-refractivity contribution in [1.82, 2.24) is 5.32 Å². The molecule has 0 radical (unpaired) electrons. The van der Waals surface area contributed by atoms with Crippen LogP contribution < -0.4 is 10.1 Å². The fraction of sp³-hybridized carbons (Fsp3) is 0.316. The lowest BCUT2D eigenvalue weighted by Crippen LogP contribution is -2.40. The van der Waals surface area contributed by atoms with E-state index in [9.17, 15) is 4.79 Å². The Balaban J connectivity index is 1.49. The number of carbonyl (C=O) groups is 1.